The quantitative estimate of drug-likeness (QED) is 0.446. The van der Waals surface area contributed by atoms with Crippen LogP contribution in [0.15, 0.2) is 0 Å². The Morgan fingerprint density at radius 2 is 1.94 bits per heavy atom. The van der Waals surface area contributed by atoms with Crippen LogP contribution in [0.4, 0.5) is 4.79 Å². The average molecular weight is 268 g/mol. The molecule has 0 aromatic carbocycles. The number of nitrogens with one attached hydrogen (secondary N) is 1. The first-order valence-electron chi connectivity index (χ1n) is 5.11. The van der Waals surface area contributed by atoms with Gasteiger partial charge in [-0.1, -0.05) is 11.6 Å². The number of carbonyl (C=O) groups excluding carboxylic acids is 2. The van der Waals surface area contributed by atoms with Crippen LogP contribution in [0.25, 0.3) is 0 Å². The Morgan fingerprint density at radius 1 is 1.29 bits per heavy atom. The van der Waals surface area contributed by atoms with E-state index in [1.165, 1.54) is 0 Å². The van der Waals surface area contributed by atoms with Crippen LogP contribution in [0.1, 0.15) is 20.8 Å². The third-order valence-corrected chi connectivity index (χ3v) is 1.46. The summed E-state index contributed by atoms with van der Waals surface area (Å²) in [6, 6.07) is -0.196. The number of rotatable bonds is 6. The number of hydrogen-bond donors (Lipinski definition) is 1. The molecule has 7 heteroatoms. The molecule has 0 bridgehead atoms. The molecule has 17 heavy (non-hydrogen) atoms. The lowest BCUT2D eigenvalue weighted by Crippen LogP contribution is -2.34. The van der Waals surface area contributed by atoms with Crippen molar-refractivity contribution in [3.8, 4) is 0 Å². The highest BCUT2D eigenvalue weighted by Gasteiger charge is 2.15. The molecular formula is C10H18ClNO5. The summed E-state index contributed by atoms with van der Waals surface area (Å²) in [6.45, 7) is 5.56. The van der Waals surface area contributed by atoms with Gasteiger partial charge in [0.05, 0.1) is 6.61 Å². The molecule has 0 spiro atoms. The van der Waals surface area contributed by atoms with Gasteiger partial charge in [0, 0.05) is 6.54 Å². The Labute approximate surface area is 106 Å². The van der Waals surface area contributed by atoms with Crippen molar-refractivity contribution >= 4 is 23.7 Å². The summed E-state index contributed by atoms with van der Waals surface area (Å²) < 4.78 is 14.3. The number of carbonyl (C=O) groups is 2. The van der Waals surface area contributed by atoms with E-state index in [2.05, 4.69) is 10.1 Å². The molecule has 0 atom stereocenters. The van der Waals surface area contributed by atoms with Crippen molar-refractivity contribution in [1.29, 1.82) is 0 Å². The van der Waals surface area contributed by atoms with E-state index in [-0.39, 0.29) is 25.8 Å². The molecule has 0 heterocycles. The van der Waals surface area contributed by atoms with Crippen molar-refractivity contribution in [2.45, 2.75) is 26.4 Å². The molecule has 100 valence electrons. The van der Waals surface area contributed by atoms with Crippen LogP contribution in [0.2, 0.25) is 0 Å². The second-order valence-corrected chi connectivity index (χ2v) is 4.32. The molecule has 0 unspecified atom stereocenters. The second-order valence-electron chi connectivity index (χ2n) is 4.11. The highest BCUT2D eigenvalue weighted by Crippen LogP contribution is 2.05. The zero-order valence-electron chi connectivity index (χ0n) is 10.2. The summed E-state index contributed by atoms with van der Waals surface area (Å²) in [4.78, 5) is 21.9. The van der Waals surface area contributed by atoms with Gasteiger partial charge < -0.3 is 19.5 Å². The number of alkyl carbamates (subject to hydrolysis) is 1. The third kappa shape index (κ3) is 11.3. The maximum absolute atomic E-state index is 11.2. The molecule has 0 saturated carbocycles. The minimum atomic E-state index is -0.544. The Kier molecular flexibility index (Phi) is 7.65. The summed E-state index contributed by atoms with van der Waals surface area (Å²) in [5, 5.41) is 2.48. The molecule has 0 fully saturated rings. The van der Waals surface area contributed by atoms with E-state index in [1.54, 1.807) is 20.8 Å². The number of alkyl halides is 1. The Hall–Kier alpha value is -1.01. The van der Waals surface area contributed by atoms with Gasteiger partial charge in [0.15, 0.2) is 6.07 Å². The first kappa shape index (κ1) is 16.0. The van der Waals surface area contributed by atoms with Crippen molar-refractivity contribution in [3.63, 3.8) is 0 Å². The van der Waals surface area contributed by atoms with Gasteiger partial charge in [-0.2, -0.15) is 0 Å². The van der Waals surface area contributed by atoms with Crippen LogP contribution >= 0.6 is 11.6 Å². The van der Waals surface area contributed by atoms with Crippen molar-refractivity contribution in [1.82, 2.24) is 5.32 Å². The smallest absolute Gasteiger partial charge is 0.407 e. The van der Waals surface area contributed by atoms with Crippen molar-refractivity contribution < 1.29 is 23.8 Å². The Morgan fingerprint density at radius 3 is 2.47 bits per heavy atom. The van der Waals surface area contributed by atoms with Crippen molar-refractivity contribution in [3.05, 3.63) is 0 Å². The van der Waals surface area contributed by atoms with Gasteiger partial charge in [-0.05, 0) is 20.8 Å². The van der Waals surface area contributed by atoms with Crippen LogP contribution in [0, 0.1) is 0 Å². The van der Waals surface area contributed by atoms with Gasteiger partial charge in [0.25, 0.3) is 0 Å². The highest BCUT2D eigenvalue weighted by molar-refractivity contribution is 6.17. The molecular weight excluding hydrogens is 250 g/mol. The summed E-state index contributed by atoms with van der Waals surface area (Å²) in [5.41, 5.74) is -0.533. The highest BCUT2D eigenvalue weighted by atomic mass is 35.5. The van der Waals surface area contributed by atoms with Gasteiger partial charge in [-0.15, -0.1) is 0 Å². The van der Waals surface area contributed by atoms with E-state index in [9.17, 15) is 9.59 Å². The molecule has 0 aliphatic rings. The van der Waals surface area contributed by atoms with Gasteiger partial charge in [-0.3, -0.25) is 0 Å². The number of ether oxygens (including phenoxy) is 3. The van der Waals surface area contributed by atoms with Gasteiger partial charge in [0.1, 0.15) is 12.2 Å². The molecule has 0 aliphatic carbocycles. The van der Waals surface area contributed by atoms with E-state index in [1.807, 2.05) is 0 Å². The van der Waals surface area contributed by atoms with Crippen molar-refractivity contribution in [2.75, 3.05) is 25.8 Å². The fraction of sp³-hybridized carbons (Fsp3) is 0.800. The van der Waals surface area contributed by atoms with Crippen LogP contribution in [0.3, 0.4) is 0 Å². The summed E-state index contributed by atoms with van der Waals surface area (Å²) in [5.74, 6) is -0.544. The summed E-state index contributed by atoms with van der Waals surface area (Å²) >= 11 is 5.17. The lowest BCUT2D eigenvalue weighted by Gasteiger charge is -2.19. The molecule has 0 aromatic heterocycles. The zero-order valence-corrected chi connectivity index (χ0v) is 11.0. The molecule has 0 aromatic rings. The lowest BCUT2D eigenvalue weighted by molar-refractivity contribution is -0.146. The topological polar surface area (TPSA) is 73.9 Å². The lowest BCUT2D eigenvalue weighted by atomic mass is 10.2. The summed E-state index contributed by atoms with van der Waals surface area (Å²) in [7, 11) is 0. The molecule has 0 aliphatic heterocycles. The van der Waals surface area contributed by atoms with Gasteiger partial charge in [-0.25, -0.2) is 9.59 Å². The van der Waals surface area contributed by atoms with E-state index < -0.39 is 17.7 Å². The van der Waals surface area contributed by atoms with Crippen LogP contribution in [-0.2, 0) is 19.0 Å². The average Bonchev–Trinajstić information content (AvgIpc) is 2.14. The first-order valence-corrected chi connectivity index (χ1v) is 5.65. The van der Waals surface area contributed by atoms with E-state index in [0.29, 0.717) is 0 Å². The Balaban J connectivity index is 3.46. The summed E-state index contributed by atoms with van der Waals surface area (Å²) in [6.07, 6.45) is -0.524. The normalized spacial score (nSPS) is 10.8. The van der Waals surface area contributed by atoms with E-state index in [4.69, 9.17) is 21.1 Å². The van der Waals surface area contributed by atoms with E-state index >= 15 is 0 Å². The predicted octanol–water partition coefficient (Wildman–Crippen LogP) is 1.27. The minimum Gasteiger partial charge on any atom is -0.448 e. The maximum atomic E-state index is 11.2. The molecule has 1 N–H and O–H groups in total. The van der Waals surface area contributed by atoms with Crippen LogP contribution in [0.5, 0.6) is 0 Å². The standard InChI is InChI=1S/C10H18ClNO5/c1-10(2,3)17-9(14)12-4-5-15-6-8(13)16-7-11/h4-7H2,1-3H3,(H,12,14). The molecule has 6 nitrogen and oxygen atoms in total. The van der Waals surface area contributed by atoms with E-state index in [0.717, 1.165) is 0 Å². The van der Waals surface area contributed by atoms with Gasteiger partial charge >= 0.3 is 12.1 Å². The second kappa shape index (κ2) is 8.14. The molecule has 0 saturated heterocycles. The monoisotopic (exact) mass is 267 g/mol. The fourth-order valence-electron chi connectivity index (χ4n) is 0.797. The fourth-order valence-corrected chi connectivity index (χ4v) is 0.919. The molecule has 1 amide bonds. The van der Waals surface area contributed by atoms with Crippen molar-refractivity contribution in [2.24, 2.45) is 0 Å². The number of hydrogen-bond acceptors (Lipinski definition) is 5. The predicted molar refractivity (Wildman–Crippen MR) is 61.9 cm³/mol. The maximum Gasteiger partial charge on any atom is 0.407 e. The SMILES string of the molecule is CC(C)(C)OC(=O)NCCOCC(=O)OCCl. The molecule has 0 radical (unpaired) electrons. The largest absolute Gasteiger partial charge is 0.448 e. The van der Waals surface area contributed by atoms with Crippen LogP contribution < -0.4 is 5.32 Å². The van der Waals surface area contributed by atoms with Crippen LogP contribution in [-0.4, -0.2) is 43.5 Å². The Bertz CT molecular complexity index is 252. The third-order valence-electron chi connectivity index (χ3n) is 1.35. The van der Waals surface area contributed by atoms with Gasteiger partial charge in [0.2, 0.25) is 0 Å². The number of halogens is 1. The number of amides is 1. The number of esters is 1. The minimum absolute atomic E-state index is 0.191. The first-order chi connectivity index (χ1) is 7.85. The molecule has 0 rings (SSSR count). The zero-order chi connectivity index (χ0) is 13.3.